The first-order valence-electron chi connectivity index (χ1n) is 18.4. The van der Waals surface area contributed by atoms with Crippen molar-refractivity contribution in [3.63, 3.8) is 0 Å². The number of aliphatic hydroxyl groups is 1. The number of aliphatic carboxylic acids is 4. The van der Waals surface area contributed by atoms with Crippen molar-refractivity contribution in [2.45, 2.75) is 121 Å². The van der Waals surface area contributed by atoms with Gasteiger partial charge in [-0.2, -0.15) is 0 Å². The first-order valence-corrected chi connectivity index (χ1v) is 18.4. The van der Waals surface area contributed by atoms with Crippen LogP contribution in [0.25, 0.3) is 0 Å². The van der Waals surface area contributed by atoms with Crippen LogP contribution >= 0.6 is 0 Å². The molecule has 7 unspecified atom stereocenters. The molecule has 13 N–H and O–H groups in total. The Morgan fingerprint density at radius 2 is 1.07 bits per heavy atom. The lowest BCUT2D eigenvalue weighted by molar-refractivity contribution is -0.144. The van der Waals surface area contributed by atoms with Crippen LogP contribution in [0.1, 0.15) is 78.6 Å². The van der Waals surface area contributed by atoms with Crippen molar-refractivity contribution in [1.82, 2.24) is 36.8 Å². The van der Waals surface area contributed by atoms with Crippen molar-refractivity contribution < 1.29 is 78.3 Å². The molecule has 1 aliphatic heterocycles. The van der Waals surface area contributed by atoms with Crippen molar-refractivity contribution in [3.8, 4) is 0 Å². The number of carboxylic acids is 4. The van der Waals surface area contributed by atoms with Gasteiger partial charge in [0.25, 0.3) is 0 Å². The van der Waals surface area contributed by atoms with E-state index in [9.17, 15) is 68.1 Å². The predicted octanol–water partition coefficient (Wildman–Crippen LogP) is -4.42. The van der Waals surface area contributed by atoms with Crippen molar-refractivity contribution in [1.29, 1.82) is 0 Å². The second-order valence-corrected chi connectivity index (χ2v) is 13.9. The molecule has 0 radical (unpaired) electrons. The van der Waals surface area contributed by atoms with Crippen molar-refractivity contribution in [2.75, 3.05) is 19.7 Å². The molecular formula is C34H54N8O16. The zero-order valence-electron chi connectivity index (χ0n) is 32.4. The van der Waals surface area contributed by atoms with E-state index in [1.54, 1.807) is 13.8 Å². The summed E-state index contributed by atoms with van der Waals surface area (Å²) >= 11 is 0. The molecule has 24 heteroatoms. The zero-order chi connectivity index (χ0) is 44.3. The smallest absolute Gasteiger partial charge is 0.325 e. The molecule has 1 fully saturated rings. The van der Waals surface area contributed by atoms with Crippen LogP contribution in [0.2, 0.25) is 0 Å². The van der Waals surface area contributed by atoms with Crippen molar-refractivity contribution in [2.24, 2.45) is 11.7 Å². The van der Waals surface area contributed by atoms with E-state index in [0.29, 0.717) is 0 Å². The fraction of sp³-hybridized carbons (Fsp3) is 0.676. The molecule has 7 amide bonds. The summed E-state index contributed by atoms with van der Waals surface area (Å²) < 4.78 is 0. The lowest BCUT2D eigenvalue weighted by atomic mass is 10.0. The molecule has 0 saturated carbocycles. The third-order valence-corrected chi connectivity index (χ3v) is 8.75. The maximum absolute atomic E-state index is 13.8. The molecule has 0 aromatic heterocycles. The number of hydrogen-bond donors (Lipinski definition) is 12. The lowest BCUT2D eigenvalue weighted by Gasteiger charge is -2.30. The lowest BCUT2D eigenvalue weighted by Crippen LogP contribution is -2.60. The van der Waals surface area contributed by atoms with Gasteiger partial charge in [0.1, 0.15) is 42.3 Å². The number of nitrogens with zero attached hydrogens (tertiary/aromatic N) is 1. The Kier molecular flexibility index (Phi) is 21.3. The van der Waals surface area contributed by atoms with Crippen molar-refractivity contribution >= 4 is 65.2 Å². The molecule has 58 heavy (non-hydrogen) atoms. The summed E-state index contributed by atoms with van der Waals surface area (Å²) in [5.74, 6) is -12.4. The molecule has 7 atom stereocenters. The van der Waals surface area contributed by atoms with Gasteiger partial charge in [0, 0.05) is 25.8 Å². The highest BCUT2D eigenvalue weighted by atomic mass is 16.4. The van der Waals surface area contributed by atoms with Crippen LogP contribution in [0.4, 0.5) is 0 Å². The topological polar surface area (TPSA) is 390 Å². The van der Waals surface area contributed by atoms with Gasteiger partial charge in [0.15, 0.2) is 0 Å². The number of carbonyl (C=O) groups excluding carboxylic acids is 7. The fourth-order valence-electron chi connectivity index (χ4n) is 5.71. The van der Waals surface area contributed by atoms with Gasteiger partial charge >= 0.3 is 23.9 Å². The third kappa shape index (κ3) is 17.5. The van der Waals surface area contributed by atoms with Crippen LogP contribution < -0.4 is 37.6 Å². The standard InChI is InChI=1S/C34H54N8O16/c1-16(2)13-21(37-24(44)14-35)30(53)40-20(8-11-27(49)50)33(56)42-12-4-5-23(42)32(55)41-22(15-43)31(54)39-19(7-10-26(47)48)29(52)38-18(6-9-25(45)46)28(51)36-17(3)34(57)58/h16-23,43H,4-15,35H2,1-3H3,(H,36,51)(H,37,44)(H,38,52)(H,39,54)(H,40,53)(H,41,55)(H,45,46)(H,47,48)(H,49,50)(H,57,58). The molecule has 0 aromatic rings. The molecule has 0 aliphatic carbocycles. The number of rotatable bonds is 26. The molecule has 1 saturated heterocycles. The molecule has 326 valence electrons. The average molecular weight is 831 g/mol. The highest BCUT2D eigenvalue weighted by Crippen LogP contribution is 2.20. The average Bonchev–Trinajstić information content (AvgIpc) is 3.64. The fourth-order valence-corrected chi connectivity index (χ4v) is 5.71. The molecule has 0 spiro atoms. The minimum atomic E-state index is -1.81. The first kappa shape index (κ1) is 50.1. The molecule has 1 aliphatic rings. The van der Waals surface area contributed by atoms with E-state index in [2.05, 4.69) is 31.9 Å². The van der Waals surface area contributed by atoms with Crippen LogP contribution in [0.5, 0.6) is 0 Å². The van der Waals surface area contributed by atoms with Crippen LogP contribution in [0.3, 0.4) is 0 Å². The molecule has 0 bridgehead atoms. The Bertz CT molecular complexity index is 1540. The highest BCUT2D eigenvalue weighted by molar-refractivity contribution is 5.98. The number of aliphatic hydroxyl groups excluding tert-OH is 1. The normalized spacial score (nSPS) is 16.7. The molecule has 1 heterocycles. The summed E-state index contributed by atoms with van der Waals surface area (Å²) in [7, 11) is 0. The van der Waals surface area contributed by atoms with Gasteiger partial charge < -0.3 is 68.1 Å². The SMILES string of the molecule is CC(C)CC(NC(=O)CN)C(=O)NC(CCC(=O)O)C(=O)N1CCCC1C(=O)NC(CO)C(=O)NC(CCC(=O)O)C(=O)NC(CCC(=O)O)C(=O)NC(C)C(=O)O. The van der Waals surface area contributed by atoms with Gasteiger partial charge in [-0.3, -0.25) is 52.7 Å². The van der Waals surface area contributed by atoms with Gasteiger partial charge in [-0.1, -0.05) is 13.8 Å². The maximum atomic E-state index is 13.8. The van der Waals surface area contributed by atoms with E-state index in [1.807, 2.05) is 0 Å². The molecule has 0 aromatic carbocycles. The van der Waals surface area contributed by atoms with Crippen LogP contribution in [-0.2, 0) is 52.7 Å². The number of carbonyl (C=O) groups is 11. The van der Waals surface area contributed by atoms with E-state index in [0.717, 1.165) is 11.8 Å². The second kappa shape index (κ2) is 24.7. The summed E-state index contributed by atoms with van der Waals surface area (Å²) in [6.07, 6.45) is -3.05. The number of amides is 7. The minimum Gasteiger partial charge on any atom is -0.481 e. The van der Waals surface area contributed by atoms with Gasteiger partial charge in [0.2, 0.25) is 41.4 Å². The molecule has 1 rings (SSSR count). The van der Waals surface area contributed by atoms with E-state index >= 15 is 0 Å². The molecular weight excluding hydrogens is 776 g/mol. The maximum Gasteiger partial charge on any atom is 0.325 e. The van der Waals surface area contributed by atoms with Crippen LogP contribution in [-0.4, -0.2) is 158 Å². The van der Waals surface area contributed by atoms with Crippen LogP contribution in [0, 0.1) is 5.92 Å². The second-order valence-electron chi connectivity index (χ2n) is 13.9. The first-order chi connectivity index (χ1) is 27.1. The Labute approximate surface area is 332 Å². The number of hydrogen-bond acceptors (Lipinski definition) is 13. The summed E-state index contributed by atoms with van der Waals surface area (Å²) in [4.78, 5) is 138. The quantitative estimate of drug-likeness (QED) is 0.0391. The van der Waals surface area contributed by atoms with Gasteiger partial charge in [0.05, 0.1) is 13.2 Å². The van der Waals surface area contributed by atoms with Crippen molar-refractivity contribution in [3.05, 3.63) is 0 Å². The van der Waals surface area contributed by atoms with E-state index in [1.165, 1.54) is 0 Å². The van der Waals surface area contributed by atoms with Gasteiger partial charge in [-0.15, -0.1) is 0 Å². The monoisotopic (exact) mass is 830 g/mol. The zero-order valence-corrected chi connectivity index (χ0v) is 32.4. The van der Waals surface area contributed by atoms with E-state index < -0.39 is 159 Å². The Balaban J connectivity index is 3.25. The highest BCUT2D eigenvalue weighted by Gasteiger charge is 2.40. The summed E-state index contributed by atoms with van der Waals surface area (Å²) in [6, 6.07) is -10.6. The Morgan fingerprint density at radius 3 is 1.52 bits per heavy atom. The number of nitrogens with two attached hydrogens (primary N) is 1. The van der Waals surface area contributed by atoms with Gasteiger partial charge in [-0.05, 0) is 51.4 Å². The summed E-state index contributed by atoms with van der Waals surface area (Å²) in [6.45, 7) is 3.10. The number of nitrogens with one attached hydrogen (secondary N) is 6. The third-order valence-electron chi connectivity index (χ3n) is 8.75. The number of likely N-dealkylation sites (tertiary alicyclic amines) is 1. The largest absolute Gasteiger partial charge is 0.481 e. The van der Waals surface area contributed by atoms with Gasteiger partial charge in [-0.25, -0.2) is 0 Å². The van der Waals surface area contributed by atoms with E-state index in [-0.39, 0.29) is 31.7 Å². The van der Waals surface area contributed by atoms with E-state index in [4.69, 9.17) is 15.9 Å². The molecule has 24 nitrogen and oxygen atoms in total. The Morgan fingerprint density at radius 1 is 0.621 bits per heavy atom. The minimum absolute atomic E-state index is 0.0312. The van der Waals surface area contributed by atoms with Crippen LogP contribution in [0.15, 0.2) is 0 Å². The Hall–Kier alpha value is -5.91. The summed E-state index contributed by atoms with van der Waals surface area (Å²) in [5, 5.41) is 60.4. The number of carboxylic acid groups (broad SMARTS) is 4. The predicted molar refractivity (Wildman–Crippen MR) is 196 cm³/mol. The summed E-state index contributed by atoms with van der Waals surface area (Å²) in [5.41, 5.74) is 5.37.